The van der Waals surface area contributed by atoms with Crippen molar-refractivity contribution in [2.75, 3.05) is 19.0 Å². The fourth-order valence-electron chi connectivity index (χ4n) is 2.36. The normalized spacial score (nSPS) is 21.1. The lowest BCUT2D eigenvalue weighted by Crippen LogP contribution is -2.39. The maximum absolute atomic E-state index is 12.4. The van der Waals surface area contributed by atoms with Gasteiger partial charge in [0.25, 0.3) is 0 Å². The Balaban J connectivity index is 2.30. The molecule has 0 radical (unpaired) electrons. The van der Waals surface area contributed by atoms with Gasteiger partial charge in [-0.05, 0) is 46.9 Å². The minimum atomic E-state index is -0.500. The zero-order valence-electron chi connectivity index (χ0n) is 11.7. The summed E-state index contributed by atoms with van der Waals surface area (Å²) >= 11 is 6.70. The van der Waals surface area contributed by atoms with E-state index < -0.39 is 5.97 Å². The Kier molecular flexibility index (Phi) is 5.40. The Bertz CT molecular complexity index is 578. The summed E-state index contributed by atoms with van der Waals surface area (Å²) in [5, 5.41) is 5.99. The predicted octanol–water partition coefficient (Wildman–Crippen LogP) is 2.93. The van der Waals surface area contributed by atoms with Crippen LogP contribution in [0.5, 0.6) is 0 Å². The summed E-state index contributed by atoms with van der Waals surface area (Å²) in [7, 11) is 1.31. The van der Waals surface area contributed by atoms with Gasteiger partial charge in [0.2, 0.25) is 5.91 Å². The number of carbonyl (C=O) groups excluding carboxylic acids is 2. The van der Waals surface area contributed by atoms with E-state index in [1.807, 2.05) is 6.92 Å². The Morgan fingerprint density at radius 2 is 2.10 bits per heavy atom. The summed E-state index contributed by atoms with van der Waals surface area (Å²) in [6.07, 6.45) is 0.962. The molecule has 0 aliphatic carbocycles. The summed E-state index contributed by atoms with van der Waals surface area (Å²) in [6, 6.07) is 3.15. The van der Waals surface area contributed by atoms with Crippen molar-refractivity contribution < 1.29 is 14.3 Å². The number of benzene rings is 1. The first-order chi connectivity index (χ1) is 9.93. The van der Waals surface area contributed by atoms with Crippen LogP contribution in [0.25, 0.3) is 0 Å². The Morgan fingerprint density at radius 1 is 1.38 bits per heavy atom. The maximum Gasteiger partial charge on any atom is 0.340 e. The second-order valence-electron chi connectivity index (χ2n) is 4.99. The van der Waals surface area contributed by atoms with Gasteiger partial charge in [0, 0.05) is 8.95 Å². The van der Waals surface area contributed by atoms with Gasteiger partial charge >= 0.3 is 5.97 Å². The van der Waals surface area contributed by atoms with E-state index in [1.165, 1.54) is 7.11 Å². The number of hydrogen-bond donors (Lipinski definition) is 2. The van der Waals surface area contributed by atoms with E-state index >= 15 is 0 Å². The van der Waals surface area contributed by atoms with Gasteiger partial charge in [-0.1, -0.05) is 22.9 Å². The highest BCUT2D eigenvalue weighted by Crippen LogP contribution is 2.32. The van der Waals surface area contributed by atoms with Crippen LogP contribution in [-0.2, 0) is 9.53 Å². The van der Waals surface area contributed by atoms with E-state index in [0.29, 0.717) is 15.7 Å². The molecule has 2 unspecified atom stereocenters. The summed E-state index contributed by atoms with van der Waals surface area (Å²) in [6.45, 7) is 2.85. The number of ether oxygens (including phenoxy) is 1. The largest absolute Gasteiger partial charge is 0.465 e. The molecule has 2 atom stereocenters. The van der Waals surface area contributed by atoms with Crippen LogP contribution in [0, 0.1) is 5.92 Å². The number of esters is 1. The number of amides is 1. The van der Waals surface area contributed by atoms with Crippen LogP contribution in [-0.4, -0.2) is 31.6 Å². The quantitative estimate of drug-likeness (QED) is 0.739. The summed E-state index contributed by atoms with van der Waals surface area (Å²) in [5.74, 6) is -0.381. The van der Waals surface area contributed by atoms with Gasteiger partial charge in [-0.3, -0.25) is 4.79 Å². The standard InChI is InChI=1S/C14H16Br2N2O3/c1-7-3-4-17-11(7)13(19)18-12-9(14(20)21-2)5-8(15)6-10(12)16/h5-7,11,17H,3-4H2,1-2H3,(H,18,19). The van der Waals surface area contributed by atoms with Gasteiger partial charge in [-0.15, -0.1) is 0 Å². The minimum Gasteiger partial charge on any atom is -0.465 e. The van der Waals surface area contributed by atoms with Crippen LogP contribution in [0.4, 0.5) is 5.69 Å². The average Bonchev–Trinajstić information content (AvgIpc) is 2.86. The van der Waals surface area contributed by atoms with Crippen LogP contribution in [0.3, 0.4) is 0 Å². The van der Waals surface area contributed by atoms with Crippen molar-refractivity contribution >= 4 is 49.4 Å². The van der Waals surface area contributed by atoms with E-state index in [4.69, 9.17) is 4.74 Å². The molecule has 1 aromatic rings. The van der Waals surface area contributed by atoms with Crippen LogP contribution in [0.1, 0.15) is 23.7 Å². The summed E-state index contributed by atoms with van der Waals surface area (Å²) < 4.78 is 6.11. The van der Waals surface area contributed by atoms with Crippen molar-refractivity contribution in [3.05, 3.63) is 26.6 Å². The number of rotatable bonds is 3. The molecule has 21 heavy (non-hydrogen) atoms. The van der Waals surface area contributed by atoms with E-state index in [2.05, 4.69) is 42.5 Å². The molecular weight excluding hydrogens is 404 g/mol. The highest BCUT2D eigenvalue weighted by atomic mass is 79.9. The number of carbonyl (C=O) groups is 2. The third kappa shape index (κ3) is 3.64. The molecule has 114 valence electrons. The third-order valence-corrected chi connectivity index (χ3v) is 4.61. The Morgan fingerprint density at radius 3 is 2.67 bits per heavy atom. The molecule has 5 nitrogen and oxygen atoms in total. The molecule has 1 aromatic carbocycles. The molecule has 2 N–H and O–H groups in total. The van der Waals surface area contributed by atoms with E-state index in [-0.39, 0.29) is 17.9 Å². The number of hydrogen-bond acceptors (Lipinski definition) is 4. The maximum atomic E-state index is 12.4. The number of nitrogens with one attached hydrogen (secondary N) is 2. The van der Waals surface area contributed by atoms with Crippen LogP contribution < -0.4 is 10.6 Å². The zero-order valence-corrected chi connectivity index (χ0v) is 14.9. The molecule has 1 heterocycles. The smallest absolute Gasteiger partial charge is 0.340 e. The zero-order chi connectivity index (χ0) is 15.6. The second-order valence-corrected chi connectivity index (χ2v) is 6.76. The molecule has 1 fully saturated rings. The molecule has 1 aliphatic rings. The summed E-state index contributed by atoms with van der Waals surface area (Å²) in [5.41, 5.74) is 0.730. The lowest BCUT2D eigenvalue weighted by molar-refractivity contribution is -0.118. The van der Waals surface area contributed by atoms with Gasteiger partial charge in [0.05, 0.1) is 24.4 Å². The first kappa shape index (κ1) is 16.5. The van der Waals surface area contributed by atoms with Gasteiger partial charge in [-0.25, -0.2) is 4.79 Å². The highest BCUT2D eigenvalue weighted by Gasteiger charge is 2.30. The number of anilines is 1. The van der Waals surface area contributed by atoms with Crippen molar-refractivity contribution in [1.29, 1.82) is 0 Å². The van der Waals surface area contributed by atoms with Gasteiger partial charge in [0.1, 0.15) is 0 Å². The summed E-state index contributed by atoms with van der Waals surface area (Å²) in [4.78, 5) is 24.2. The molecular formula is C14H16Br2N2O3. The number of halogens is 2. The molecule has 0 bridgehead atoms. The van der Waals surface area contributed by atoms with Crippen molar-refractivity contribution in [2.24, 2.45) is 5.92 Å². The monoisotopic (exact) mass is 418 g/mol. The third-order valence-electron chi connectivity index (χ3n) is 3.52. The first-order valence-electron chi connectivity index (χ1n) is 6.55. The SMILES string of the molecule is COC(=O)c1cc(Br)cc(Br)c1NC(=O)C1NCCC1C. The molecule has 0 spiro atoms. The fraction of sp³-hybridized carbons (Fsp3) is 0.429. The van der Waals surface area contributed by atoms with E-state index in [9.17, 15) is 9.59 Å². The van der Waals surface area contributed by atoms with Gasteiger partial charge in [0.15, 0.2) is 0 Å². The van der Waals surface area contributed by atoms with Crippen LogP contribution in [0.2, 0.25) is 0 Å². The minimum absolute atomic E-state index is 0.145. The van der Waals surface area contributed by atoms with Crippen LogP contribution >= 0.6 is 31.9 Å². The average molecular weight is 420 g/mol. The molecule has 1 saturated heterocycles. The van der Waals surface area contributed by atoms with Crippen molar-refractivity contribution in [1.82, 2.24) is 5.32 Å². The molecule has 1 amide bonds. The van der Waals surface area contributed by atoms with Gasteiger partial charge < -0.3 is 15.4 Å². The molecule has 0 aromatic heterocycles. The molecule has 2 rings (SSSR count). The molecule has 0 saturated carbocycles. The molecule has 1 aliphatic heterocycles. The Hall–Kier alpha value is -0.920. The fourth-order valence-corrected chi connectivity index (χ4v) is 3.68. The Labute approximate surface area is 140 Å². The topological polar surface area (TPSA) is 67.4 Å². The first-order valence-corrected chi connectivity index (χ1v) is 8.14. The number of methoxy groups -OCH3 is 1. The predicted molar refractivity (Wildman–Crippen MR) is 87.4 cm³/mol. The van der Waals surface area contributed by atoms with Gasteiger partial charge in [-0.2, -0.15) is 0 Å². The van der Waals surface area contributed by atoms with Crippen molar-refractivity contribution in [2.45, 2.75) is 19.4 Å². The second kappa shape index (κ2) is 6.89. The van der Waals surface area contributed by atoms with E-state index in [0.717, 1.165) is 17.4 Å². The van der Waals surface area contributed by atoms with Crippen LogP contribution in [0.15, 0.2) is 21.1 Å². The molecule has 7 heteroatoms. The van der Waals surface area contributed by atoms with Crippen molar-refractivity contribution in [3.8, 4) is 0 Å². The van der Waals surface area contributed by atoms with E-state index in [1.54, 1.807) is 12.1 Å². The lowest BCUT2D eigenvalue weighted by Gasteiger charge is -2.18. The lowest BCUT2D eigenvalue weighted by atomic mass is 10.0. The van der Waals surface area contributed by atoms with Crippen molar-refractivity contribution in [3.63, 3.8) is 0 Å². The highest BCUT2D eigenvalue weighted by molar-refractivity contribution is 9.11.